The molecular formula is C21H14Cl2N4O4. The summed E-state index contributed by atoms with van der Waals surface area (Å²) in [7, 11) is 0. The number of esters is 1. The van der Waals surface area contributed by atoms with Crippen LogP contribution in [0.3, 0.4) is 0 Å². The van der Waals surface area contributed by atoms with Crippen LogP contribution < -0.4 is 5.01 Å². The van der Waals surface area contributed by atoms with Crippen molar-refractivity contribution in [2.75, 3.05) is 11.6 Å². The Bertz CT molecular complexity index is 1190. The fraction of sp³-hybridized carbons (Fsp3) is 0.0952. The van der Waals surface area contributed by atoms with E-state index in [1.54, 1.807) is 49.4 Å². The second-order valence-electron chi connectivity index (χ2n) is 6.37. The summed E-state index contributed by atoms with van der Waals surface area (Å²) in [6, 6.07) is 13.3. The Kier molecular flexibility index (Phi) is 5.58. The van der Waals surface area contributed by atoms with E-state index in [9.17, 15) is 14.4 Å². The molecule has 0 spiro atoms. The van der Waals surface area contributed by atoms with Crippen molar-refractivity contribution < 1.29 is 19.1 Å². The van der Waals surface area contributed by atoms with Crippen molar-refractivity contribution in [1.82, 2.24) is 4.90 Å². The highest BCUT2D eigenvalue weighted by Gasteiger charge is 2.46. The number of hydrogen-bond acceptors (Lipinski definition) is 6. The van der Waals surface area contributed by atoms with Crippen LogP contribution in [0.1, 0.15) is 12.5 Å². The van der Waals surface area contributed by atoms with Crippen molar-refractivity contribution >= 4 is 64.5 Å². The molecule has 0 fully saturated rings. The average molecular weight is 457 g/mol. The molecule has 2 aromatic carbocycles. The van der Waals surface area contributed by atoms with Crippen LogP contribution in [-0.4, -0.2) is 41.1 Å². The smallest absolute Gasteiger partial charge is 0.376 e. The molecule has 10 heteroatoms. The van der Waals surface area contributed by atoms with E-state index < -0.39 is 17.8 Å². The predicted molar refractivity (Wildman–Crippen MR) is 117 cm³/mol. The van der Waals surface area contributed by atoms with Gasteiger partial charge < -0.3 is 4.74 Å². The molecule has 0 radical (unpaired) electrons. The zero-order valence-corrected chi connectivity index (χ0v) is 17.6. The average Bonchev–Trinajstić information content (AvgIpc) is 3.13. The number of aliphatic imine (C=N–C) groups is 1. The Morgan fingerprint density at radius 1 is 1.13 bits per heavy atom. The van der Waals surface area contributed by atoms with Crippen molar-refractivity contribution in [3.8, 4) is 0 Å². The van der Waals surface area contributed by atoms with Crippen molar-refractivity contribution in [3.63, 3.8) is 0 Å². The van der Waals surface area contributed by atoms with Crippen LogP contribution in [0.15, 0.2) is 64.2 Å². The van der Waals surface area contributed by atoms with Crippen molar-refractivity contribution in [3.05, 3.63) is 69.7 Å². The molecule has 2 aliphatic heterocycles. The van der Waals surface area contributed by atoms with Gasteiger partial charge in [0.2, 0.25) is 11.8 Å². The van der Waals surface area contributed by atoms with Gasteiger partial charge in [0.15, 0.2) is 0 Å². The Balaban J connectivity index is 1.82. The number of ether oxygens (including phenoxy) is 1. The molecule has 0 saturated heterocycles. The maximum atomic E-state index is 13.3. The molecule has 31 heavy (non-hydrogen) atoms. The topological polar surface area (TPSA) is 91.6 Å². The Morgan fingerprint density at radius 3 is 2.55 bits per heavy atom. The van der Waals surface area contributed by atoms with Crippen molar-refractivity contribution in [2.24, 2.45) is 10.1 Å². The number of nitrogens with zero attached hydrogens (tertiary/aromatic N) is 4. The standard InChI is InChI=1S/C21H14Cl2N4O4/c1-2-31-20(30)17-25-27(14-6-4-3-5-7-14)21-24-18(28)15(19(29)26(17)21)10-12-8-9-13(22)11-16(12)23/h3-11H,2H2,1H3/b15-10-. The normalized spacial score (nSPS) is 16.9. The summed E-state index contributed by atoms with van der Waals surface area (Å²) in [4.78, 5) is 43.5. The van der Waals surface area contributed by atoms with Gasteiger partial charge in [-0.2, -0.15) is 10.0 Å². The number of guanidine groups is 1. The molecule has 2 heterocycles. The monoisotopic (exact) mass is 456 g/mol. The van der Waals surface area contributed by atoms with E-state index in [0.29, 0.717) is 16.3 Å². The van der Waals surface area contributed by atoms with Gasteiger partial charge in [-0.05, 0) is 42.8 Å². The van der Waals surface area contributed by atoms with Gasteiger partial charge in [0.25, 0.3) is 11.8 Å². The predicted octanol–water partition coefficient (Wildman–Crippen LogP) is 3.50. The third-order valence-electron chi connectivity index (χ3n) is 4.38. The van der Waals surface area contributed by atoms with Gasteiger partial charge in [-0.1, -0.05) is 47.5 Å². The van der Waals surface area contributed by atoms with Gasteiger partial charge >= 0.3 is 5.97 Å². The Labute approximate surface area is 187 Å². The summed E-state index contributed by atoms with van der Waals surface area (Å²) in [5.41, 5.74) is 0.634. The van der Waals surface area contributed by atoms with Gasteiger partial charge in [0.1, 0.15) is 5.57 Å². The summed E-state index contributed by atoms with van der Waals surface area (Å²) in [5, 5.41) is 6.11. The lowest BCUT2D eigenvalue weighted by Crippen LogP contribution is -2.49. The first-order valence-corrected chi connectivity index (χ1v) is 9.91. The number of amidine groups is 1. The number of rotatable bonds is 4. The van der Waals surface area contributed by atoms with Crippen LogP contribution in [-0.2, 0) is 19.1 Å². The third-order valence-corrected chi connectivity index (χ3v) is 4.94. The van der Waals surface area contributed by atoms with E-state index in [0.717, 1.165) is 4.90 Å². The molecule has 4 rings (SSSR count). The molecular weight excluding hydrogens is 443 g/mol. The summed E-state index contributed by atoms with van der Waals surface area (Å²) in [6.07, 6.45) is 1.30. The number of halogens is 2. The molecule has 2 aliphatic rings. The number of amides is 2. The van der Waals surface area contributed by atoms with Gasteiger partial charge in [0, 0.05) is 10.0 Å². The first-order chi connectivity index (χ1) is 14.9. The van der Waals surface area contributed by atoms with Crippen LogP contribution in [0.5, 0.6) is 0 Å². The zero-order valence-electron chi connectivity index (χ0n) is 16.1. The van der Waals surface area contributed by atoms with Gasteiger partial charge in [-0.3, -0.25) is 9.59 Å². The maximum absolute atomic E-state index is 13.3. The van der Waals surface area contributed by atoms with E-state index in [2.05, 4.69) is 10.1 Å². The molecule has 8 nitrogen and oxygen atoms in total. The van der Waals surface area contributed by atoms with Gasteiger partial charge in [-0.15, -0.1) is 5.10 Å². The van der Waals surface area contributed by atoms with E-state index in [1.807, 2.05) is 0 Å². The first kappa shape index (κ1) is 20.8. The molecule has 0 saturated carbocycles. The fourth-order valence-corrected chi connectivity index (χ4v) is 3.45. The second kappa shape index (κ2) is 8.33. The molecule has 0 atom stereocenters. The quantitative estimate of drug-likeness (QED) is 0.398. The maximum Gasteiger partial charge on any atom is 0.376 e. The van der Waals surface area contributed by atoms with Crippen molar-refractivity contribution in [1.29, 1.82) is 0 Å². The molecule has 0 unspecified atom stereocenters. The highest BCUT2D eigenvalue weighted by atomic mass is 35.5. The van der Waals surface area contributed by atoms with Crippen LogP contribution in [0, 0.1) is 0 Å². The molecule has 156 valence electrons. The molecule has 0 aromatic heterocycles. The van der Waals surface area contributed by atoms with E-state index in [1.165, 1.54) is 17.2 Å². The van der Waals surface area contributed by atoms with Crippen LogP contribution in [0.2, 0.25) is 10.0 Å². The number of carbonyl (C=O) groups is 3. The highest BCUT2D eigenvalue weighted by molar-refractivity contribution is 6.50. The zero-order chi connectivity index (χ0) is 22.1. The third kappa shape index (κ3) is 3.83. The molecule has 0 N–H and O–H groups in total. The number of fused-ring (bicyclic) bond motifs is 1. The van der Waals surface area contributed by atoms with E-state index >= 15 is 0 Å². The van der Waals surface area contributed by atoms with Crippen LogP contribution in [0.4, 0.5) is 5.69 Å². The number of hydrogen-bond donors (Lipinski definition) is 0. The van der Waals surface area contributed by atoms with Crippen LogP contribution in [0.25, 0.3) is 6.08 Å². The Hall–Kier alpha value is -3.49. The van der Waals surface area contributed by atoms with E-state index in [4.69, 9.17) is 27.9 Å². The van der Waals surface area contributed by atoms with E-state index in [-0.39, 0.29) is 29.0 Å². The molecule has 0 bridgehead atoms. The summed E-state index contributed by atoms with van der Waals surface area (Å²) >= 11 is 12.1. The summed E-state index contributed by atoms with van der Waals surface area (Å²) < 4.78 is 5.03. The number of hydrazone groups is 1. The fourth-order valence-electron chi connectivity index (χ4n) is 2.99. The summed E-state index contributed by atoms with van der Waals surface area (Å²) in [6.45, 7) is 1.71. The minimum atomic E-state index is -0.819. The molecule has 2 amide bonds. The minimum absolute atomic E-state index is 0.0830. The highest BCUT2D eigenvalue weighted by Crippen LogP contribution is 2.29. The second-order valence-corrected chi connectivity index (χ2v) is 7.22. The summed E-state index contributed by atoms with van der Waals surface area (Å²) in [5.74, 6) is -2.78. The number of anilines is 1. The number of para-hydroxylation sites is 1. The molecule has 0 aliphatic carbocycles. The van der Waals surface area contributed by atoms with Crippen LogP contribution >= 0.6 is 23.2 Å². The lowest BCUT2D eigenvalue weighted by molar-refractivity contribution is -0.137. The minimum Gasteiger partial charge on any atom is -0.460 e. The lowest BCUT2D eigenvalue weighted by atomic mass is 10.1. The SMILES string of the molecule is CCOC(=O)C1=NN(c2ccccc2)C2=NC(=O)/C(=C/c3ccc(Cl)cc3Cl)C(=O)N12. The number of carbonyl (C=O) groups excluding carboxylic acids is 3. The molecule has 2 aromatic rings. The van der Waals surface area contributed by atoms with Gasteiger partial charge in [-0.25, -0.2) is 9.69 Å². The first-order valence-electron chi connectivity index (χ1n) is 9.16. The lowest BCUT2D eigenvalue weighted by Gasteiger charge is -2.24. The Morgan fingerprint density at radius 2 is 1.87 bits per heavy atom. The number of benzene rings is 2. The van der Waals surface area contributed by atoms with Crippen molar-refractivity contribution in [2.45, 2.75) is 6.92 Å². The largest absolute Gasteiger partial charge is 0.460 e. The van der Waals surface area contributed by atoms with Gasteiger partial charge in [0.05, 0.1) is 12.3 Å².